The van der Waals surface area contributed by atoms with Crippen molar-refractivity contribution in [2.75, 3.05) is 19.8 Å². The van der Waals surface area contributed by atoms with Crippen LogP contribution in [-0.4, -0.2) is 53.7 Å². The second kappa shape index (κ2) is 16.7. The molecular weight excluding hydrogens is 536 g/mol. The molecule has 0 aromatic heterocycles. The Bertz CT molecular complexity index is 1260. The number of carbonyl (C=O) groups is 2. The number of hydrogen-bond donors (Lipinski definition) is 4. The number of rotatable bonds is 12. The van der Waals surface area contributed by atoms with Crippen molar-refractivity contribution >= 4 is 17.5 Å². The topological polar surface area (TPSA) is 154 Å². The summed E-state index contributed by atoms with van der Waals surface area (Å²) in [6.45, 7) is 4.15. The van der Waals surface area contributed by atoms with Crippen molar-refractivity contribution in [3.63, 3.8) is 0 Å². The van der Waals surface area contributed by atoms with E-state index in [1.807, 2.05) is 24.3 Å². The Labute approximate surface area is 247 Å². The van der Waals surface area contributed by atoms with Crippen LogP contribution < -0.4 is 16.2 Å². The molecule has 1 heterocycles. The molecule has 1 aliphatic heterocycles. The highest BCUT2D eigenvalue weighted by Gasteiger charge is 2.37. The van der Waals surface area contributed by atoms with Gasteiger partial charge in [0, 0.05) is 12.8 Å². The lowest BCUT2D eigenvalue weighted by atomic mass is 9.89. The van der Waals surface area contributed by atoms with E-state index in [2.05, 4.69) is 42.2 Å². The molecule has 1 saturated heterocycles. The van der Waals surface area contributed by atoms with E-state index in [9.17, 15) is 9.59 Å². The molecule has 4 rings (SSSR count). The fourth-order valence-electron chi connectivity index (χ4n) is 4.89. The lowest BCUT2D eigenvalue weighted by molar-refractivity contribution is -0.159. The molecule has 2 aliphatic rings. The average molecular weight is 579 g/mol. The third kappa shape index (κ3) is 10.3. The maximum atomic E-state index is 11.1. The third-order valence-electron chi connectivity index (χ3n) is 7.22. The minimum absolute atomic E-state index is 0.0109. The summed E-state index contributed by atoms with van der Waals surface area (Å²) in [4.78, 5) is 21.2. The first kappa shape index (κ1) is 32.8. The molecule has 42 heavy (non-hydrogen) atoms. The molecule has 6 N–H and O–H groups in total. The van der Waals surface area contributed by atoms with Gasteiger partial charge in [-0.2, -0.15) is 0 Å². The summed E-state index contributed by atoms with van der Waals surface area (Å²) in [5.41, 5.74) is 14.9. The van der Waals surface area contributed by atoms with Crippen LogP contribution in [-0.2, 0) is 25.7 Å². The molecule has 0 bridgehead atoms. The van der Waals surface area contributed by atoms with Crippen molar-refractivity contribution in [2.24, 2.45) is 11.5 Å². The second-order valence-corrected chi connectivity index (χ2v) is 10.4. The van der Waals surface area contributed by atoms with E-state index in [0.717, 1.165) is 49.0 Å². The Balaban J connectivity index is 0.000000416. The SMILES string of the molecule is CC#CC(CC(=O)O)c1ccc(OCc2cccc(C3=CCC4(CC3)OCCO4)c2)cc1.NCCCC[C@H](N)C(=O)O. The summed E-state index contributed by atoms with van der Waals surface area (Å²) >= 11 is 0. The number of ether oxygens (including phenoxy) is 3. The molecule has 2 aromatic rings. The summed E-state index contributed by atoms with van der Waals surface area (Å²) in [7, 11) is 0. The molecule has 1 fully saturated rings. The fraction of sp³-hybridized carbons (Fsp3) is 0.455. The van der Waals surface area contributed by atoms with Gasteiger partial charge in [-0.1, -0.05) is 48.7 Å². The molecule has 2 atom stereocenters. The lowest BCUT2D eigenvalue weighted by Crippen LogP contribution is -2.31. The maximum Gasteiger partial charge on any atom is 0.320 e. The van der Waals surface area contributed by atoms with Gasteiger partial charge >= 0.3 is 11.9 Å². The Morgan fingerprint density at radius 3 is 2.43 bits per heavy atom. The first-order chi connectivity index (χ1) is 20.2. The standard InChI is InChI=1S/C27H28O5.C6H14N2O2/c1-2-4-23(18-26(28)29)21-7-9-25(10-8-21)30-19-20-5-3-6-24(17-20)22-11-13-27(14-12-22)31-15-16-32-27;7-4-2-1-3-5(8)6(9)10/h3,5-11,17,23H,12-16,18-19H2,1H3,(H,28,29);5H,1-4,7-8H2,(H,9,10)/t;5-/m.0/s1. The van der Waals surface area contributed by atoms with Crippen LogP contribution in [0, 0.1) is 11.8 Å². The van der Waals surface area contributed by atoms with Crippen molar-refractivity contribution in [1.29, 1.82) is 0 Å². The molecule has 0 saturated carbocycles. The third-order valence-corrected chi connectivity index (χ3v) is 7.22. The van der Waals surface area contributed by atoms with Gasteiger partial charge in [0.15, 0.2) is 5.79 Å². The highest BCUT2D eigenvalue weighted by molar-refractivity contribution is 5.73. The van der Waals surface area contributed by atoms with Gasteiger partial charge in [0.1, 0.15) is 18.4 Å². The van der Waals surface area contributed by atoms with Gasteiger partial charge in [0.25, 0.3) is 0 Å². The molecule has 1 unspecified atom stereocenters. The van der Waals surface area contributed by atoms with Gasteiger partial charge < -0.3 is 35.9 Å². The minimum atomic E-state index is -0.933. The number of carboxylic acids is 2. The summed E-state index contributed by atoms with van der Waals surface area (Å²) in [5, 5.41) is 17.4. The lowest BCUT2D eigenvalue weighted by Gasteiger charge is -2.30. The van der Waals surface area contributed by atoms with E-state index in [-0.39, 0.29) is 12.3 Å². The highest BCUT2D eigenvalue weighted by Crippen LogP contribution is 2.38. The molecule has 0 radical (unpaired) electrons. The highest BCUT2D eigenvalue weighted by atomic mass is 16.7. The van der Waals surface area contributed by atoms with Crippen molar-refractivity contribution < 1.29 is 34.0 Å². The average Bonchev–Trinajstić information content (AvgIpc) is 3.44. The van der Waals surface area contributed by atoms with Gasteiger partial charge in [-0.05, 0) is 73.2 Å². The van der Waals surface area contributed by atoms with Crippen LogP contribution in [0.2, 0.25) is 0 Å². The Morgan fingerprint density at radius 1 is 1.10 bits per heavy atom. The van der Waals surface area contributed by atoms with Gasteiger partial charge in [-0.3, -0.25) is 9.59 Å². The molecule has 1 spiro atoms. The van der Waals surface area contributed by atoms with E-state index in [0.29, 0.717) is 32.8 Å². The summed E-state index contributed by atoms with van der Waals surface area (Å²) < 4.78 is 17.6. The van der Waals surface area contributed by atoms with Gasteiger partial charge in [0.2, 0.25) is 0 Å². The number of allylic oxidation sites excluding steroid dienone is 1. The fourth-order valence-corrected chi connectivity index (χ4v) is 4.89. The zero-order chi connectivity index (χ0) is 30.4. The van der Waals surface area contributed by atoms with Crippen LogP contribution in [0.25, 0.3) is 5.57 Å². The number of unbranched alkanes of at least 4 members (excludes halogenated alkanes) is 1. The number of aliphatic carboxylic acids is 2. The summed E-state index contributed by atoms with van der Waals surface area (Å²) in [5.74, 6) is 4.02. The largest absolute Gasteiger partial charge is 0.489 e. The van der Waals surface area contributed by atoms with Crippen molar-refractivity contribution in [3.8, 4) is 17.6 Å². The van der Waals surface area contributed by atoms with Gasteiger partial charge in [-0.15, -0.1) is 5.92 Å². The molecule has 9 nitrogen and oxygen atoms in total. The Kier molecular flexibility index (Phi) is 13.0. The summed E-state index contributed by atoms with van der Waals surface area (Å²) in [6, 6.07) is 15.2. The van der Waals surface area contributed by atoms with Crippen molar-refractivity contribution in [2.45, 2.75) is 76.2 Å². The first-order valence-electron chi connectivity index (χ1n) is 14.4. The number of nitrogens with two attached hydrogens (primary N) is 2. The van der Waals surface area contributed by atoms with Crippen molar-refractivity contribution in [3.05, 3.63) is 71.3 Å². The van der Waals surface area contributed by atoms with Crippen LogP contribution in [0.4, 0.5) is 0 Å². The van der Waals surface area contributed by atoms with Crippen LogP contribution in [0.1, 0.15) is 74.5 Å². The van der Waals surface area contributed by atoms with Crippen LogP contribution in [0.15, 0.2) is 54.6 Å². The van der Waals surface area contributed by atoms with Gasteiger partial charge in [0.05, 0.1) is 25.6 Å². The summed E-state index contributed by atoms with van der Waals surface area (Å²) in [6.07, 6.45) is 7.00. The first-order valence-corrected chi connectivity index (χ1v) is 14.4. The van der Waals surface area contributed by atoms with Crippen LogP contribution in [0.3, 0.4) is 0 Å². The Morgan fingerprint density at radius 2 is 1.83 bits per heavy atom. The van der Waals surface area contributed by atoms with Gasteiger partial charge in [-0.25, -0.2) is 0 Å². The molecule has 0 amide bonds. The molecule has 2 aromatic carbocycles. The number of hydrogen-bond acceptors (Lipinski definition) is 7. The predicted octanol–water partition coefficient (Wildman–Crippen LogP) is 4.68. The Hall–Kier alpha value is -3.68. The van der Waals surface area contributed by atoms with Crippen molar-refractivity contribution in [1.82, 2.24) is 0 Å². The number of carboxylic acid groups (broad SMARTS) is 2. The second-order valence-electron chi connectivity index (χ2n) is 10.4. The monoisotopic (exact) mass is 578 g/mol. The van der Waals surface area contributed by atoms with Crippen LogP contribution in [0.5, 0.6) is 5.75 Å². The molecule has 226 valence electrons. The van der Waals surface area contributed by atoms with Crippen LogP contribution >= 0.6 is 0 Å². The van der Waals surface area contributed by atoms with E-state index in [4.69, 9.17) is 35.9 Å². The smallest absolute Gasteiger partial charge is 0.320 e. The molecule has 1 aliphatic carbocycles. The maximum absolute atomic E-state index is 11.1. The van der Waals surface area contributed by atoms with E-state index in [1.165, 1.54) is 11.1 Å². The van der Waals surface area contributed by atoms with E-state index < -0.39 is 23.8 Å². The zero-order valence-corrected chi connectivity index (χ0v) is 24.2. The predicted molar refractivity (Wildman–Crippen MR) is 161 cm³/mol. The van der Waals surface area contributed by atoms with E-state index in [1.54, 1.807) is 6.92 Å². The quantitative estimate of drug-likeness (QED) is 0.207. The minimum Gasteiger partial charge on any atom is -0.489 e. The number of benzene rings is 2. The molecule has 9 heteroatoms. The van der Waals surface area contributed by atoms with E-state index >= 15 is 0 Å². The normalized spacial score (nSPS) is 16.7. The zero-order valence-electron chi connectivity index (χ0n) is 24.2. The molecular formula is C33H42N2O7.